The van der Waals surface area contributed by atoms with Gasteiger partial charge < -0.3 is 9.47 Å². The molecule has 1 aromatic rings. The molecule has 2 rings (SSSR count). The smallest absolute Gasteiger partial charge is 0.264 e. The van der Waals surface area contributed by atoms with Gasteiger partial charge in [0, 0.05) is 24.2 Å². The molecule has 2 atom stereocenters. The maximum absolute atomic E-state index is 11.6. The van der Waals surface area contributed by atoms with Crippen LogP contribution in [0.15, 0.2) is 23.1 Å². The van der Waals surface area contributed by atoms with E-state index in [1.54, 1.807) is 13.2 Å². The Labute approximate surface area is 124 Å². The Balaban J connectivity index is 2.21. The van der Waals surface area contributed by atoms with E-state index in [0.29, 0.717) is 5.75 Å². The molecule has 0 radical (unpaired) electrons. The summed E-state index contributed by atoms with van der Waals surface area (Å²) in [6, 6.07) is 5.02. The van der Waals surface area contributed by atoms with Crippen LogP contribution >= 0.6 is 10.7 Å². The minimum absolute atomic E-state index is 0.0337. The van der Waals surface area contributed by atoms with E-state index in [9.17, 15) is 8.42 Å². The zero-order valence-electron chi connectivity index (χ0n) is 11.6. The van der Waals surface area contributed by atoms with Crippen LogP contribution in [0, 0.1) is 6.92 Å². The summed E-state index contributed by atoms with van der Waals surface area (Å²) >= 11 is 0. The van der Waals surface area contributed by atoms with Gasteiger partial charge in [0.1, 0.15) is 16.7 Å². The first kappa shape index (κ1) is 15.6. The first-order valence-corrected chi connectivity index (χ1v) is 8.96. The maximum atomic E-state index is 11.6. The number of hydrogen-bond donors (Lipinski definition) is 0. The molecule has 2 unspecified atom stereocenters. The van der Waals surface area contributed by atoms with Crippen molar-refractivity contribution in [1.29, 1.82) is 0 Å². The molecule has 0 spiro atoms. The number of halogens is 1. The molecule has 0 aliphatic heterocycles. The second kappa shape index (κ2) is 6.33. The molecule has 0 saturated heterocycles. The van der Waals surface area contributed by atoms with Crippen molar-refractivity contribution < 1.29 is 17.9 Å². The first-order chi connectivity index (χ1) is 9.40. The van der Waals surface area contributed by atoms with Gasteiger partial charge in [0.25, 0.3) is 9.05 Å². The zero-order chi connectivity index (χ0) is 14.8. The molecule has 1 aliphatic rings. The number of ether oxygens (including phenoxy) is 2. The van der Waals surface area contributed by atoms with E-state index in [4.69, 9.17) is 20.2 Å². The van der Waals surface area contributed by atoms with E-state index in [-0.39, 0.29) is 17.1 Å². The van der Waals surface area contributed by atoms with Gasteiger partial charge in [-0.2, -0.15) is 0 Å². The summed E-state index contributed by atoms with van der Waals surface area (Å²) in [4.78, 5) is 0.0405. The average Bonchev–Trinajstić information content (AvgIpc) is 2.40. The highest BCUT2D eigenvalue weighted by atomic mass is 35.7. The van der Waals surface area contributed by atoms with Gasteiger partial charge in [-0.1, -0.05) is 6.07 Å². The predicted octanol–water partition coefficient (Wildman–Crippen LogP) is 3.26. The molecule has 6 heteroatoms. The van der Waals surface area contributed by atoms with Crippen molar-refractivity contribution >= 4 is 19.7 Å². The quantitative estimate of drug-likeness (QED) is 0.800. The lowest BCUT2D eigenvalue weighted by molar-refractivity contribution is 0.0200. The Morgan fingerprint density at radius 1 is 1.25 bits per heavy atom. The van der Waals surface area contributed by atoms with Crippen LogP contribution in [0.5, 0.6) is 5.75 Å². The Bertz CT molecular complexity index is 571. The van der Waals surface area contributed by atoms with Crippen molar-refractivity contribution in [1.82, 2.24) is 0 Å². The molecule has 0 aromatic heterocycles. The average molecular weight is 319 g/mol. The van der Waals surface area contributed by atoms with Crippen molar-refractivity contribution in [3.8, 4) is 5.75 Å². The van der Waals surface area contributed by atoms with E-state index < -0.39 is 9.05 Å². The van der Waals surface area contributed by atoms with Gasteiger partial charge in [-0.3, -0.25) is 0 Å². The van der Waals surface area contributed by atoms with Crippen LogP contribution in [0.2, 0.25) is 0 Å². The minimum Gasteiger partial charge on any atom is -0.489 e. The third-order valence-electron chi connectivity index (χ3n) is 3.57. The highest BCUT2D eigenvalue weighted by Crippen LogP contribution is 2.32. The molecule has 112 valence electrons. The Morgan fingerprint density at radius 3 is 2.60 bits per heavy atom. The lowest BCUT2D eigenvalue weighted by Gasteiger charge is -2.29. The van der Waals surface area contributed by atoms with Crippen molar-refractivity contribution in [3.05, 3.63) is 23.8 Å². The largest absolute Gasteiger partial charge is 0.489 e. The molecule has 20 heavy (non-hydrogen) atoms. The lowest BCUT2D eigenvalue weighted by atomic mass is 9.95. The summed E-state index contributed by atoms with van der Waals surface area (Å²) in [5.74, 6) is 0.326. The fraction of sp³-hybridized carbons (Fsp3) is 0.571. The summed E-state index contributed by atoms with van der Waals surface area (Å²) < 4.78 is 34.5. The van der Waals surface area contributed by atoms with Gasteiger partial charge in [-0.25, -0.2) is 8.42 Å². The normalized spacial score (nSPS) is 23.6. The maximum Gasteiger partial charge on any atom is 0.264 e. The van der Waals surface area contributed by atoms with Crippen LogP contribution in [0.1, 0.15) is 31.2 Å². The monoisotopic (exact) mass is 318 g/mol. The van der Waals surface area contributed by atoms with Crippen molar-refractivity contribution in [2.24, 2.45) is 0 Å². The Kier molecular flexibility index (Phi) is 4.94. The van der Waals surface area contributed by atoms with Gasteiger partial charge in [0.05, 0.1) is 6.10 Å². The number of methoxy groups -OCH3 is 1. The fourth-order valence-corrected chi connectivity index (χ4v) is 3.55. The van der Waals surface area contributed by atoms with E-state index in [2.05, 4.69) is 0 Å². The highest BCUT2D eigenvalue weighted by molar-refractivity contribution is 8.13. The fourth-order valence-electron chi connectivity index (χ4n) is 2.51. The second-order valence-corrected chi connectivity index (χ2v) is 7.69. The molecular weight excluding hydrogens is 300 g/mol. The van der Waals surface area contributed by atoms with Crippen molar-refractivity contribution in [2.45, 2.75) is 49.7 Å². The third kappa shape index (κ3) is 3.87. The van der Waals surface area contributed by atoms with E-state index in [1.165, 1.54) is 6.07 Å². The van der Waals surface area contributed by atoms with Crippen LogP contribution in [-0.4, -0.2) is 27.7 Å². The van der Waals surface area contributed by atoms with Crippen LogP contribution in [0.3, 0.4) is 0 Å². The molecular formula is C14H19ClO4S. The standard InChI is InChI=1S/C14H19ClO4S/c1-10-6-7-13(14(8-10)20(15,16)17)19-12-5-3-4-11(9-12)18-2/h6-8,11-12H,3-5,9H2,1-2H3. The molecule has 1 aromatic carbocycles. The zero-order valence-corrected chi connectivity index (χ0v) is 13.2. The predicted molar refractivity (Wildman–Crippen MR) is 77.9 cm³/mol. The van der Waals surface area contributed by atoms with Gasteiger partial charge in [-0.15, -0.1) is 0 Å². The summed E-state index contributed by atoms with van der Waals surface area (Å²) in [5.41, 5.74) is 0.829. The molecule has 4 nitrogen and oxygen atoms in total. The van der Waals surface area contributed by atoms with Crippen LogP contribution in [-0.2, 0) is 13.8 Å². The third-order valence-corrected chi connectivity index (χ3v) is 4.91. The molecule has 1 fully saturated rings. The van der Waals surface area contributed by atoms with E-state index in [0.717, 1.165) is 31.2 Å². The lowest BCUT2D eigenvalue weighted by Crippen LogP contribution is -2.29. The number of rotatable bonds is 4. The molecule has 0 amide bonds. The molecule has 0 bridgehead atoms. The van der Waals surface area contributed by atoms with Crippen LogP contribution < -0.4 is 4.74 Å². The minimum atomic E-state index is -3.81. The van der Waals surface area contributed by atoms with Crippen LogP contribution in [0.25, 0.3) is 0 Å². The molecule has 0 heterocycles. The first-order valence-electron chi connectivity index (χ1n) is 6.65. The SMILES string of the molecule is COC1CCCC(Oc2ccc(C)cc2S(=O)(=O)Cl)C1. The summed E-state index contributed by atoms with van der Waals surface area (Å²) in [5, 5.41) is 0. The van der Waals surface area contributed by atoms with E-state index in [1.807, 2.05) is 13.0 Å². The van der Waals surface area contributed by atoms with Gasteiger partial charge >= 0.3 is 0 Å². The van der Waals surface area contributed by atoms with E-state index >= 15 is 0 Å². The summed E-state index contributed by atoms with van der Waals surface area (Å²) in [7, 11) is 3.36. The van der Waals surface area contributed by atoms with Crippen molar-refractivity contribution in [3.63, 3.8) is 0 Å². The Hall–Kier alpha value is -0.780. The van der Waals surface area contributed by atoms with Gasteiger partial charge in [-0.05, 0) is 43.9 Å². The molecule has 0 N–H and O–H groups in total. The van der Waals surface area contributed by atoms with Crippen molar-refractivity contribution in [2.75, 3.05) is 7.11 Å². The number of benzene rings is 1. The molecule has 1 saturated carbocycles. The summed E-state index contributed by atoms with van der Waals surface area (Å²) in [6.45, 7) is 1.82. The number of hydrogen-bond acceptors (Lipinski definition) is 4. The molecule has 1 aliphatic carbocycles. The Morgan fingerprint density at radius 2 is 1.95 bits per heavy atom. The van der Waals surface area contributed by atoms with Crippen LogP contribution in [0.4, 0.5) is 0 Å². The van der Waals surface area contributed by atoms with Gasteiger partial charge in [0.2, 0.25) is 0 Å². The highest BCUT2D eigenvalue weighted by Gasteiger charge is 2.25. The second-order valence-electron chi connectivity index (χ2n) is 5.15. The topological polar surface area (TPSA) is 52.6 Å². The number of aryl methyl sites for hydroxylation is 1. The van der Waals surface area contributed by atoms with Gasteiger partial charge in [0.15, 0.2) is 0 Å². The summed E-state index contributed by atoms with van der Waals surface area (Å²) in [6.07, 6.45) is 3.84.